The summed E-state index contributed by atoms with van der Waals surface area (Å²) in [6.45, 7) is 20.5. The number of aliphatic imine (C=N–C) groups is 1. The molecule has 0 aliphatic carbocycles. The highest BCUT2D eigenvalue weighted by Gasteiger charge is 2.39. The molecule has 2 atom stereocenters. The average molecular weight is 620 g/mol. The van der Waals surface area contributed by atoms with Crippen molar-refractivity contribution in [2.45, 2.75) is 131 Å². The molecule has 1 heterocycles. The summed E-state index contributed by atoms with van der Waals surface area (Å²) in [5, 5.41) is 0. The molecule has 1 aliphatic heterocycles. The molecule has 1 aromatic carbocycles. The molecule has 1 aromatic rings. The van der Waals surface area contributed by atoms with E-state index in [1.54, 1.807) is 13.0 Å². The van der Waals surface area contributed by atoms with Gasteiger partial charge in [0.15, 0.2) is 5.90 Å². The van der Waals surface area contributed by atoms with Crippen molar-refractivity contribution in [2.75, 3.05) is 19.8 Å². The molecule has 10 heteroatoms. The molecule has 0 amide bonds. The molecule has 2 rings (SSSR count). The summed E-state index contributed by atoms with van der Waals surface area (Å²) in [4.78, 5) is 4.70. The lowest BCUT2D eigenvalue weighted by Gasteiger charge is -2.32. The first kappa shape index (κ1) is 36.8. The Balaban J connectivity index is 2.09. The molecule has 0 radical (unpaired) electrons. The maximum Gasteiger partial charge on any atom is 0.419 e. The van der Waals surface area contributed by atoms with Crippen molar-refractivity contribution in [2.24, 2.45) is 16.8 Å². The molecular formula is C32H53F3NO5P. The summed E-state index contributed by atoms with van der Waals surface area (Å²) in [6, 6.07) is 4.34. The SMILES string of the molecule is CC1=NC(CCc2ccc(OCC[C@H](C)CCCC(C)C)c(C(F)(F)F)c2)(COP(OC(C)(C)C)OC(C)(C)C)CO1. The summed E-state index contributed by atoms with van der Waals surface area (Å²) < 4.78 is 71.7. The first-order valence-corrected chi connectivity index (χ1v) is 16.2. The fraction of sp³-hybridized carbons (Fsp3) is 0.781. The van der Waals surface area contributed by atoms with Crippen LogP contribution in [-0.2, 0) is 30.9 Å². The Bertz CT molecular complexity index is 987. The molecule has 0 aromatic heterocycles. The van der Waals surface area contributed by atoms with E-state index in [1.165, 1.54) is 12.1 Å². The smallest absolute Gasteiger partial charge is 0.419 e. The van der Waals surface area contributed by atoms with E-state index in [0.717, 1.165) is 25.7 Å². The van der Waals surface area contributed by atoms with E-state index in [9.17, 15) is 13.2 Å². The zero-order chi connectivity index (χ0) is 31.8. The van der Waals surface area contributed by atoms with Gasteiger partial charge in [-0.2, -0.15) is 13.2 Å². The number of hydrogen-bond donors (Lipinski definition) is 0. The molecular weight excluding hydrogens is 566 g/mol. The maximum atomic E-state index is 14.0. The van der Waals surface area contributed by atoms with Crippen molar-refractivity contribution in [1.82, 2.24) is 0 Å². The summed E-state index contributed by atoms with van der Waals surface area (Å²) in [5.74, 6) is 1.45. The van der Waals surface area contributed by atoms with E-state index in [1.807, 2.05) is 41.5 Å². The van der Waals surface area contributed by atoms with Crippen molar-refractivity contribution in [1.29, 1.82) is 0 Å². The second-order valence-electron chi connectivity index (χ2n) is 13.9. The summed E-state index contributed by atoms with van der Waals surface area (Å²) in [5.41, 5.74) is -1.93. The van der Waals surface area contributed by atoms with Crippen LogP contribution in [0.5, 0.6) is 5.75 Å². The first-order chi connectivity index (χ1) is 19.3. The minimum atomic E-state index is -4.52. The summed E-state index contributed by atoms with van der Waals surface area (Å²) in [6.07, 6.45) is 0.323. The van der Waals surface area contributed by atoms with Crippen LogP contribution in [-0.4, -0.2) is 42.5 Å². The van der Waals surface area contributed by atoms with Gasteiger partial charge in [0.2, 0.25) is 0 Å². The third-order valence-electron chi connectivity index (χ3n) is 6.65. The summed E-state index contributed by atoms with van der Waals surface area (Å²) >= 11 is 0. The number of halogens is 3. The molecule has 6 nitrogen and oxygen atoms in total. The van der Waals surface area contributed by atoms with Gasteiger partial charge in [-0.1, -0.05) is 46.1 Å². The van der Waals surface area contributed by atoms with Crippen LogP contribution in [0.4, 0.5) is 13.2 Å². The molecule has 0 bridgehead atoms. The molecule has 0 saturated carbocycles. The van der Waals surface area contributed by atoms with E-state index < -0.39 is 37.1 Å². The Morgan fingerprint density at radius 1 is 0.976 bits per heavy atom. The third-order valence-corrected chi connectivity index (χ3v) is 8.39. The summed E-state index contributed by atoms with van der Waals surface area (Å²) in [7, 11) is -1.70. The Morgan fingerprint density at radius 2 is 1.62 bits per heavy atom. The van der Waals surface area contributed by atoms with Crippen LogP contribution in [0, 0.1) is 11.8 Å². The lowest BCUT2D eigenvalue weighted by Crippen LogP contribution is -2.35. The van der Waals surface area contributed by atoms with E-state index >= 15 is 0 Å². The highest BCUT2D eigenvalue weighted by atomic mass is 31.2. The minimum absolute atomic E-state index is 0.124. The lowest BCUT2D eigenvalue weighted by atomic mass is 9.93. The van der Waals surface area contributed by atoms with Crippen LogP contribution in [0.3, 0.4) is 0 Å². The molecule has 0 N–H and O–H groups in total. The van der Waals surface area contributed by atoms with Crippen LogP contribution in [0.1, 0.15) is 112 Å². The standard InChI is InChI=1S/C32H53F3NO5P/c1-23(2)12-11-13-24(3)17-19-37-28-15-14-26(20-27(28)32(33,34)35)16-18-31(21-38-25(4)36-31)22-39-42(40-29(5,6)7)41-30(8,9)10/h14-15,20,23-24H,11-13,16-19,21-22H2,1-10H3/t24-,31?/m1/s1. The predicted molar refractivity (Wildman–Crippen MR) is 164 cm³/mol. The maximum absolute atomic E-state index is 14.0. The number of alkyl halides is 3. The molecule has 1 unspecified atom stereocenters. The number of hydrogen-bond acceptors (Lipinski definition) is 6. The second kappa shape index (κ2) is 15.5. The number of rotatable bonds is 16. The van der Waals surface area contributed by atoms with Crippen molar-refractivity contribution >= 4 is 14.5 Å². The van der Waals surface area contributed by atoms with E-state index in [-0.39, 0.29) is 25.6 Å². The fourth-order valence-electron chi connectivity index (χ4n) is 4.45. The molecule has 0 spiro atoms. The number of aryl methyl sites for hydroxylation is 1. The molecule has 0 saturated heterocycles. The van der Waals surface area contributed by atoms with Gasteiger partial charge < -0.3 is 23.0 Å². The van der Waals surface area contributed by atoms with E-state index in [2.05, 4.69) is 20.8 Å². The van der Waals surface area contributed by atoms with Gasteiger partial charge in [-0.15, -0.1) is 0 Å². The molecule has 42 heavy (non-hydrogen) atoms. The van der Waals surface area contributed by atoms with Crippen LogP contribution in [0.25, 0.3) is 0 Å². The highest BCUT2D eigenvalue weighted by Crippen LogP contribution is 2.48. The normalized spacial score (nSPS) is 18.9. The molecule has 0 fully saturated rings. The van der Waals surface area contributed by atoms with Gasteiger partial charge >= 0.3 is 14.8 Å². The number of ether oxygens (including phenoxy) is 2. The van der Waals surface area contributed by atoms with Crippen LogP contribution >= 0.6 is 8.60 Å². The monoisotopic (exact) mass is 619 g/mol. The zero-order valence-electron chi connectivity index (χ0n) is 27.3. The van der Waals surface area contributed by atoms with Gasteiger partial charge in [0.25, 0.3) is 0 Å². The third kappa shape index (κ3) is 13.9. The molecule has 242 valence electrons. The van der Waals surface area contributed by atoms with E-state index in [4.69, 9.17) is 28.0 Å². The predicted octanol–water partition coefficient (Wildman–Crippen LogP) is 9.93. The lowest BCUT2D eigenvalue weighted by molar-refractivity contribution is -0.139. The van der Waals surface area contributed by atoms with Gasteiger partial charge in [0.1, 0.15) is 17.9 Å². The highest BCUT2D eigenvalue weighted by molar-refractivity contribution is 7.41. The van der Waals surface area contributed by atoms with Crippen molar-refractivity contribution < 1.29 is 36.2 Å². The largest absolute Gasteiger partial charge is 0.493 e. The van der Waals surface area contributed by atoms with Gasteiger partial charge in [0, 0.05) is 6.92 Å². The zero-order valence-corrected chi connectivity index (χ0v) is 28.2. The number of nitrogens with zero attached hydrogens (tertiary/aromatic N) is 1. The van der Waals surface area contributed by atoms with Crippen LogP contribution < -0.4 is 4.74 Å². The van der Waals surface area contributed by atoms with Gasteiger partial charge in [-0.05, 0) is 90.3 Å². The Labute approximate surface area is 253 Å². The molecule has 1 aliphatic rings. The van der Waals surface area contributed by atoms with Gasteiger partial charge in [0.05, 0.1) is 30.0 Å². The van der Waals surface area contributed by atoms with E-state index in [0.29, 0.717) is 36.1 Å². The van der Waals surface area contributed by atoms with Crippen molar-refractivity contribution in [3.8, 4) is 5.75 Å². The minimum Gasteiger partial charge on any atom is -0.493 e. The quantitative estimate of drug-likeness (QED) is 0.172. The van der Waals surface area contributed by atoms with Crippen molar-refractivity contribution in [3.05, 3.63) is 29.3 Å². The second-order valence-corrected chi connectivity index (χ2v) is 15.0. The van der Waals surface area contributed by atoms with Gasteiger partial charge in [-0.3, -0.25) is 0 Å². The topological polar surface area (TPSA) is 58.5 Å². The van der Waals surface area contributed by atoms with Crippen LogP contribution in [0.15, 0.2) is 23.2 Å². The Hall–Kier alpha value is -1.41. The van der Waals surface area contributed by atoms with Crippen molar-refractivity contribution in [3.63, 3.8) is 0 Å². The fourth-order valence-corrected chi connectivity index (χ4v) is 5.83. The number of benzene rings is 1. The first-order valence-electron chi connectivity index (χ1n) is 15.1. The van der Waals surface area contributed by atoms with Crippen LogP contribution in [0.2, 0.25) is 0 Å². The Morgan fingerprint density at radius 3 is 2.14 bits per heavy atom. The van der Waals surface area contributed by atoms with Gasteiger partial charge in [-0.25, -0.2) is 4.99 Å². The Kier molecular flexibility index (Phi) is 13.6. The average Bonchev–Trinajstić information content (AvgIpc) is 3.20.